The number of allylic oxidation sites excluding steroid dienone is 1. The van der Waals surface area contributed by atoms with E-state index in [0.717, 1.165) is 4.90 Å². The number of ether oxygens (including phenoxy) is 1. The molecular weight excluding hydrogens is 189 g/mol. The first kappa shape index (κ1) is 15.5. The number of nitrogens with one attached hydrogen (secondary N) is 1. The molecule has 0 aliphatic rings. The van der Waals surface area contributed by atoms with Crippen molar-refractivity contribution in [3.63, 3.8) is 0 Å². The lowest BCUT2D eigenvalue weighted by molar-refractivity contribution is -0.861. The summed E-state index contributed by atoms with van der Waals surface area (Å²) in [4.78, 5) is 11.9. The van der Waals surface area contributed by atoms with E-state index in [0.29, 0.717) is 6.54 Å². The first-order valence-corrected chi connectivity index (χ1v) is 4.32. The quantitative estimate of drug-likeness (QED) is 0.354. The lowest BCUT2D eigenvalue weighted by Crippen LogP contribution is -3.07. The van der Waals surface area contributed by atoms with Crippen molar-refractivity contribution in [2.75, 3.05) is 27.2 Å². The lowest BCUT2D eigenvalue weighted by atomic mass is 10.3. The molecule has 2 N–H and O–H groups in total. The summed E-state index contributed by atoms with van der Waals surface area (Å²) in [6.07, 6.45) is 2.35. The Morgan fingerprint density at radius 2 is 2.14 bits per heavy atom. The molecule has 0 heterocycles. The molecule has 0 saturated carbocycles. The van der Waals surface area contributed by atoms with E-state index in [4.69, 9.17) is 4.74 Å². The molecule has 0 aromatic rings. The van der Waals surface area contributed by atoms with Gasteiger partial charge in [-0.25, -0.2) is 4.79 Å². The van der Waals surface area contributed by atoms with E-state index >= 15 is 0 Å². The molecule has 0 bridgehead atoms. The van der Waals surface area contributed by atoms with Crippen molar-refractivity contribution in [2.45, 2.75) is 13.0 Å². The van der Waals surface area contributed by atoms with E-state index in [1.807, 2.05) is 14.1 Å². The average Bonchev–Trinajstić information content (AvgIpc) is 2.00. The second-order valence-corrected chi connectivity index (χ2v) is 3.20. The number of esters is 1. The second-order valence-electron chi connectivity index (χ2n) is 3.20. The topological polar surface area (TPSA) is 51.0 Å². The standard InChI is InChI=1S/C9H17NO3.FH/c1-4-5-9(12)13-7-8(11)6-10(2)3;/h4-5,8,11H,6-7H2,1-3H3;1H. The highest BCUT2D eigenvalue weighted by molar-refractivity contribution is 5.81. The fourth-order valence-electron chi connectivity index (χ4n) is 0.893. The molecule has 1 unspecified atom stereocenters. The highest BCUT2D eigenvalue weighted by atomic mass is 19.0. The van der Waals surface area contributed by atoms with Crippen molar-refractivity contribution in [1.82, 2.24) is 0 Å². The number of carbonyl (C=O) groups excluding carboxylic acids is 1. The van der Waals surface area contributed by atoms with E-state index in [2.05, 4.69) is 0 Å². The Morgan fingerprint density at radius 1 is 1.57 bits per heavy atom. The van der Waals surface area contributed by atoms with Crippen molar-refractivity contribution in [1.29, 1.82) is 0 Å². The highest BCUT2D eigenvalue weighted by Gasteiger charge is 2.09. The number of hydrogen-bond acceptors (Lipinski definition) is 3. The molecule has 0 spiro atoms. The molecule has 0 rings (SSSR count). The van der Waals surface area contributed by atoms with Gasteiger partial charge in [0.2, 0.25) is 0 Å². The van der Waals surface area contributed by atoms with E-state index < -0.39 is 12.1 Å². The normalized spacial score (nSPS) is 12.6. The number of carbonyl (C=O) groups is 1. The van der Waals surface area contributed by atoms with Crippen molar-refractivity contribution in [2.24, 2.45) is 0 Å². The van der Waals surface area contributed by atoms with Crippen LogP contribution in [0, 0.1) is 0 Å². The van der Waals surface area contributed by atoms with Gasteiger partial charge in [-0.1, -0.05) is 6.08 Å². The third-order valence-corrected chi connectivity index (χ3v) is 1.36. The molecule has 84 valence electrons. The summed E-state index contributed by atoms with van der Waals surface area (Å²) in [6.45, 7) is 2.37. The van der Waals surface area contributed by atoms with Gasteiger partial charge in [0.25, 0.3) is 0 Å². The van der Waals surface area contributed by atoms with Crippen LogP contribution in [-0.2, 0) is 9.53 Å². The molecule has 0 aliphatic heterocycles. The molecule has 0 fully saturated rings. The van der Waals surface area contributed by atoms with Gasteiger partial charge in [0.05, 0.1) is 14.1 Å². The van der Waals surface area contributed by atoms with Gasteiger partial charge in [-0.3, -0.25) is 0 Å². The molecule has 0 aliphatic carbocycles. The van der Waals surface area contributed by atoms with Crippen LogP contribution in [0.5, 0.6) is 0 Å². The van der Waals surface area contributed by atoms with Crippen LogP contribution in [0.15, 0.2) is 12.2 Å². The number of quaternary nitrogens is 1. The Labute approximate surface area is 83.5 Å². The first-order valence-electron chi connectivity index (χ1n) is 4.32. The van der Waals surface area contributed by atoms with Crippen molar-refractivity contribution in [3.05, 3.63) is 12.2 Å². The average molecular weight is 207 g/mol. The number of aliphatic hydroxyl groups is 1. The fraction of sp³-hybridized carbons (Fsp3) is 0.667. The van der Waals surface area contributed by atoms with Gasteiger partial charge in [0.1, 0.15) is 19.3 Å². The van der Waals surface area contributed by atoms with Crippen LogP contribution in [0.3, 0.4) is 0 Å². The number of aliphatic hydroxyl groups excluding tert-OH is 1. The Hall–Kier alpha value is -0.940. The molecule has 0 saturated heterocycles. The minimum absolute atomic E-state index is 0. The SMILES string of the molecule is CC=CC(=O)OCC(O)C[NH+](C)C.[F-]. The Bertz CT molecular complexity index is 183. The molecule has 0 radical (unpaired) electrons. The van der Waals surface area contributed by atoms with Crippen LogP contribution in [-0.4, -0.2) is 44.4 Å². The zero-order valence-corrected chi connectivity index (χ0v) is 8.79. The van der Waals surface area contributed by atoms with Crippen molar-refractivity contribution < 1.29 is 24.2 Å². The third kappa shape index (κ3) is 9.15. The summed E-state index contributed by atoms with van der Waals surface area (Å²) in [6, 6.07) is 0. The minimum atomic E-state index is -0.584. The maximum Gasteiger partial charge on any atom is 0.330 e. The van der Waals surface area contributed by atoms with Gasteiger partial charge in [-0.2, -0.15) is 0 Å². The smallest absolute Gasteiger partial charge is 0.330 e. The van der Waals surface area contributed by atoms with Gasteiger partial charge in [-0.15, -0.1) is 0 Å². The summed E-state index contributed by atoms with van der Waals surface area (Å²) in [5.41, 5.74) is 0. The van der Waals surface area contributed by atoms with Crippen LogP contribution >= 0.6 is 0 Å². The highest BCUT2D eigenvalue weighted by Crippen LogP contribution is 1.85. The van der Waals surface area contributed by atoms with Crippen LogP contribution in [0.1, 0.15) is 6.92 Å². The summed E-state index contributed by atoms with van der Waals surface area (Å²) >= 11 is 0. The lowest BCUT2D eigenvalue weighted by Gasteiger charge is -2.12. The maximum absolute atomic E-state index is 10.8. The maximum atomic E-state index is 10.8. The fourth-order valence-corrected chi connectivity index (χ4v) is 0.893. The van der Waals surface area contributed by atoms with E-state index in [-0.39, 0.29) is 11.3 Å². The molecule has 0 aromatic heterocycles. The van der Waals surface area contributed by atoms with Crippen LogP contribution in [0.4, 0.5) is 0 Å². The molecular formula is C9H18FNO3. The van der Waals surface area contributed by atoms with E-state index in [9.17, 15) is 9.90 Å². The predicted molar refractivity (Wildman–Crippen MR) is 49.5 cm³/mol. The molecule has 0 amide bonds. The summed E-state index contributed by atoms with van der Waals surface area (Å²) < 4.78 is 4.76. The summed E-state index contributed by atoms with van der Waals surface area (Å²) in [5.74, 6) is -0.407. The zero-order chi connectivity index (χ0) is 10.3. The predicted octanol–water partition coefficient (Wildman–Crippen LogP) is -4.38. The van der Waals surface area contributed by atoms with Crippen molar-refractivity contribution >= 4 is 5.97 Å². The van der Waals surface area contributed by atoms with E-state index in [1.54, 1.807) is 13.0 Å². The number of halogens is 1. The summed E-state index contributed by atoms with van der Waals surface area (Å²) in [7, 11) is 3.86. The molecule has 5 heteroatoms. The second kappa shape index (κ2) is 8.65. The molecule has 0 aromatic carbocycles. The molecule has 14 heavy (non-hydrogen) atoms. The van der Waals surface area contributed by atoms with Gasteiger partial charge < -0.3 is 19.4 Å². The summed E-state index contributed by atoms with van der Waals surface area (Å²) in [5, 5.41) is 9.31. The van der Waals surface area contributed by atoms with Gasteiger partial charge in [0.15, 0.2) is 0 Å². The Balaban J connectivity index is 0. The Morgan fingerprint density at radius 3 is 2.57 bits per heavy atom. The van der Waals surface area contributed by atoms with Crippen LogP contribution in [0.25, 0.3) is 0 Å². The Kier molecular flexibility index (Phi) is 9.59. The van der Waals surface area contributed by atoms with Crippen LogP contribution < -0.4 is 9.60 Å². The van der Waals surface area contributed by atoms with Gasteiger partial charge in [-0.05, 0) is 6.92 Å². The number of hydrogen-bond donors (Lipinski definition) is 2. The zero-order valence-electron chi connectivity index (χ0n) is 8.79. The molecule has 4 nitrogen and oxygen atoms in total. The largest absolute Gasteiger partial charge is 1.00 e. The monoisotopic (exact) mass is 207 g/mol. The third-order valence-electron chi connectivity index (χ3n) is 1.36. The number of likely N-dealkylation sites (N-methyl/N-ethyl adjacent to an activating group) is 1. The van der Waals surface area contributed by atoms with E-state index in [1.165, 1.54) is 6.08 Å². The van der Waals surface area contributed by atoms with Gasteiger partial charge >= 0.3 is 5.97 Å². The first-order chi connectivity index (χ1) is 6.06. The van der Waals surface area contributed by atoms with Gasteiger partial charge in [0, 0.05) is 6.08 Å². The number of rotatable bonds is 5. The molecule has 1 atom stereocenters. The van der Waals surface area contributed by atoms with Crippen LogP contribution in [0.2, 0.25) is 0 Å². The minimum Gasteiger partial charge on any atom is -1.00 e. The van der Waals surface area contributed by atoms with Crippen molar-refractivity contribution in [3.8, 4) is 0 Å².